The number of hydrogen-bond acceptors (Lipinski definition) is 3. The topological polar surface area (TPSA) is 38.7 Å². The lowest BCUT2D eigenvalue weighted by atomic mass is 10.4. The molecule has 0 bridgehead atoms. The highest BCUT2D eigenvalue weighted by Gasteiger charge is 2.20. The van der Waals surface area contributed by atoms with Crippen molar-refractivity contribution in [2.24, 2.45) is 0 Å². The number of hydrogen-bond donors (Lipinski definition) is 1. The molecule has 5 heteroatoms. The van der Waals surface area contributed by atoms with E-state index in [1.54, 1.807) is 0 Å². The first kappa shape index (κ1) is 14.1. The second kappa shape index (κ2) is 6.52. The van der Waals surface area contributed by atoms with Crippen molar-refractivity contribution in [3.05, 3.63) is 12.2 Å². The fourth-order valence-electron chi connectivity index (χ4n) is 0.989. The van der Waals surface area contributed by atoms with E-state index in [4.69, 9.17) is 9.16 Å². The summed E-state index contributed by atoms with van der Waals surface area (Å²) < 4.78 is 11.1. The van der Waals surface area contributed by atoms with Gasteiger partial charge in [-0.3, -0.25) is 0 Å². The lowest BCUT2D eigenvalue weighted by Gasteiger charge is -2.24. The zero-order chi connectivity index (χ0) is 11.2. The fraction of sp³-hybridized carbons (Fsp3) is 0.778. The number of ether oxygens (including phenoxy) is 1. The highest BCUT2D eigenvalue weighted by Crippen LogP contribution is 2.07. The van der Waals surface area contributed by atoms with Crippen molar-refractivity contribution in [1.82, 2.24) is 0 Å². The largest absolute Gasteiger partial charge is 0.436 e. The minimum Gasteiger partial charge on any atom is -0.436 e. The second-order valence-corrected chi connectivity index (χ2v) is 10.2. The van der Waals surface area contributed by atoms with Gasteiger partial charge in [-0.05, 0) is 26.6 Å². The van der Waals surface area contributed by atoms with Crippen LogP contribution in [0.2, 0.25) is 19.6 Å². The predicted molar refractivity (Wildman–Crippen MR) is 64.6 cm³/mol. The molecule has 1 N–H and O–H groups in total. The first-order valence-electron chi connectivity index (χ1n) is 4.86. The molecular formula is C9H22O3Si2. The molecule has 0 aliphatic carbocycles. The summed E-state index contributed by atoms with van der Waals surface area (Å²) in [5.41, 5.74) is 0.942. The van der Waals surface area contributed by atoms with Crippen LogP contribution in [0.1, 0.15) is 6.92 Å². The van der Waals surface area contributed by atoms with Gasteiger partial charge in [-0.1, -0.05) is 12.2 Å². The van der Waals surface area contributed by atoms with Crippen LogP contribution in [0.5, 0.6) is 0 Å². The zero-order valence-corrected chi connectivity index (χ0v) is 12.1. The van der Waals surface area contributed by atoms with Gasteiger partial charge in [0, 0.05) is 0 Å². The van der Waals surface area contributed by atoms with Crippen molar-refractivity contribution < 1.29 is 14.0 Å². The van der Waals surface area contributed by atoms with Gasteiger partial charge >= 0.3 is 0 Å². The van der Waals surface area contributed by atoms with Crippen LogP contribution in [0.15, 0.2) is 12.2 Å². The van der Waals surface area contributed by atoms with Gasteiger partial charge in [0.25, 0.3) is 0 Å². The predicted octanol–water partition coefficient (Wildman–Crippen LogP) is 0.833. The first-order chi connectivity index (χ1) is 6.35. The molecule has 0 fully saturated rings. The Morgan fingerprint density at radius 1 is 1.50 bits per heavy atom. The average molecular weight is 234 g/mol. The van der Waals surface area contributed by atoms with Crippen molar-refractivity contribution in [3.8, 4) is 0 Å². The Hall–Kier alpha value is 0.0538. The average Bonchev–Trinajstić information content (AvgIpc) is 1.99. The molecule has 0 aliphatic heterocycles. The maximum Gasteiger partial charge on any atom is 0.187 e. The van der Waals surface area contributed by atoms with Gasteiger partial charge in [-0.2, -0.15) is 0 Å². The van der Waals surface area contributed by atoms with E-state index >= 15 is 0 Å². The molecule has 0 aromatic heterocycles. The molecule has 3 nitrogen and oxygen atoms in total. The van der Waals surface area contributed by atoms with Crippen LogP contribution in [0.3, 0.4) is 0 Å². The maximum absolute atomic E-state index is 9.19. The van der Waals surface area contributed by atoms with E-state index in [2.05, 4.69) is 26.2 Å². The van der Waals surface area contributed by atoms with Crippen LogP contribution in [0.25, 0.3) is 0 Å². The highest BCUT2D eigenvalue weighted by molar-refractivity contribution is 6.70. The summed E-state index contributed by atoms with van der Waals surface area (Å²) in [5.74, 6) is 0. The van der Waals surface area contributed by atoms with E-state index in [1.165, 1.54) is 0 Å². The Kier molecular flexibility index (Phi) is 6.55. The molecule has 0 heterocycles. The van der Waals surface area contributed by atoms with Crippen molar-refractivity contribution in [3.63, 3.8) is 0 Å². The molecule has 0 aromatic rings. The van der Waals surface area contributed by atoms with Crippen LogP contribution in [0.4, 0.5) is 0 Å². The third kappa shape index (κ3) is 8.64. The SMILES string of the molecule is C=C(C)COCC(O[Si](C)(C)C)[SiH2]O. The molecule has 0 amide bonds. The van der Waals surface area contributed by atoms with Crippen molar-refractivity contribution in [2.45, 2.75) is 32.3 Å². The summed E-state index contributed by atoms with van der Waals surface area (Å²) in [6, 6.07) is 0. The fourth-order valence-corrected chi connectivity index (χ4v) is 4.13. The van der Waals surface area contributed by atoms with Gasteiger partial charge in [0.1, 0.15) is 0 Å². The van der Waals surface area contributed by atoms with E-state index < -0.39 is 18.1 Å². The summed E-state index contributed by atoms with van der Waals surface area (Å²) in [7, 11) is -2.69. The maximum atomic E-state index is 9.19. The molecule has 0 aliphatic rings. The molecule has 0 rings (SSSR count). The van der Waals surface area contributed by atoms with Crippen molar-refractivity contribution >= 4 is 18.1 Å². The Bertz CT molecular complexity index is 177. The summed E-state index contributed by atoms with van der Waals surface area (Å²) in [6.45, 7) is 13.1. The van der Waals surface area contributed by atoms with Gasteiger partial charge in [-0.15, -0.1) is 0 Å². The van der Waals surface area contributed by atoms with Crippen LogP contribution < -0.4 is 0 Å². The molecular weight excluding hydrogens is 212 g/mol. The first-order valence-corrected chi connectivity index (χ1v) is 9.71. The highest BCUT2D eigenvalue weighted by atomic mass is 28.4. The van der Waals surface area contributed by atoms with Crippen LogP contribution in [0, 0.1) is 0 Å². The molecule has 0 saturated carbocycles. The molecule has 0 spiro atoms. The minimum absolute atomic E-state index is 0.0546. The molecule has 0 saturated heterocycles. The van der Waals surface area contributed by atoms with E-state index in [9.17, 15) is 4.80 Å². The van der Waals surface area contributed by atoms with Gasteiger partial charge in [0.2, 0.25) is 0 Å². The summed E-state index contributed by atoms with van der Waals surface area (Å²) in [6.07, 6.45) is 0. The van der Waals surface area contributed by atoms with Gasteiger partial charge in [0.05, 0.1) is 18.9 Å². The van der Waals surface area contributed by atoms with Crippen LogP contribution in [-0.4, -0.2) is 41.8 Å². The van der Waals surface area contributed by atoms with E-state index in [0.29, 0.717) is 13.2 Å². The quantitative estimate of drug-likeness (QED) is 0.524. The molecule has 14 heavy (non-hydrogen) atoms. The molecule has 1 unspecified atom stereocenters. The Morgan fingerprint density at radius 2 is 2.07 bits per heavy atom. The Morgan fingerprint density at radius 3 is 2.43 bits per heavy atom. The summed E-state index contributed by atoms with van der Waals surface area (Å²) >= 11 is 0. The summed E-state index contributed by atoms with van der Waals surface area (Å²) in [4.78, 5) is 9.19. The van der Waals surface area contributed by atoms with E-state index in [0.717, 1.165) is 5.57 Å². The van der Waals surface area contributed by atoms with Gasteiger partial charge in [-0.25, -0.2) is 0 Å². The molecule has 84 valence electrons. The van der Waals surface area contributed by atoms with Crippen LogP contribution in [-0.2, 0) is 9.16 Å². The van der Waals surface area contributed by atoms with Crippen molar-refractivity contribution in [1.29, 1.82) is 0 Å². The Labute approximate surface area is 90.2 Å². The van der Waals surface area contributed by atoms with Crippen LogP contribution >= 0.6 is 0 Å². The van der Waals surface area contributed by atoms with E-state index in [-0.39, 0.29) is 5.73 Å². The van der Waals surface area contributed by atoms with E-state index in [1.807, 2.05) is 6.92 Å². The molecule has 0 aromatic carbocycles. The monoisotopic (exact) mass is 234 g/mol. The lowest BCUT2D eigenvalue weighted by molar-refractivity contribution is 0.0892. The molecule has 0 radical (unpaired) electrons. The lowest BCUT2D eigenvalue weighted by Crippen LogP contribution is -2.38. The Balaban J connectivity index is 3.74. The zero-order valence-electron chi connectivity index (χ0n) is 9.67. The second-order valence-electron chi connectivity index (χ2n) is 4.51. The van der Waals surface area contributed by atoms with Crippen molar-refractivity contribution in [2.75, 3.05) is 13.2 Å². The minimum atomic E-state index is -1.55. The van der Waals surface area contributed by atoms with Gasteiger partial charge in [0.15, 0.2) is 18.1 Å². The summed E-state index contributed by atoms with van der Waals surface area (Å²) in [5, 5.41) is 0. The third-order valence-corrected chi connectivity index (χ3v) is 3.56. The number of rotatable bonds is 7. The van der Waals surface area contributed by atoms with Gasteiger partial charge < -0.3 is 14.0 Å². The third-order valence-electron chi connectivity index (χ3n) is 1.38. The molecule has 1 atom stereocenters. The standard InChI is InChI=1S/C9H22O3Si2/c1-8(2)6-11-7-9(13-10)12-14(3,4)5/h9-10H,1,6-7,13H2,2-5H3. The normalized spacial score (nSPS) is 14.9. The smallest absolute Gasteiger partial charge is 0.187 e.